The van der Waals surface area contributed by atoms with E-state index in [-0.39, 0.29) is 6.61 Å². The van der Waals surface area contributed by atoms with Crippen LogP contribution in [0.5, 0.6) is 11.5 Å². The van der Waals surface area contributed by atoms with Gasteiger partial charge in [0, 0.05) is 37.1 Å². The number of methoxy groups -OCH3 is 1. The Morgan fingerprint density at radius 1 is 1.22 bits per heavy atom. The summed E-state index contributed by atoms with van der Waals surface area (Å²) in [6, 6.07) is 7.37. The third-order valence-corrected chi connectivity index (χ3v) is 4.38. The van der Waals surface area contributed by atoms with Crippen molar-refractivity contribution in [1.82, 2.24) is 14.9 Å². The number of nitrogens with zero attached hydrogens (tertiary/aromatic N) is 3. The molecule has 27 heavy (non-hydrogen) atoms. The number of hydrogen-bond acceptors (Lipinski definition) is 8. The molecule has 1 aliphatic rings. The number of aliphatic hydroxyl groups excluding tert-OH is 1. The normalized spacial score (nSPS) is 15.0. The average molecular weight is 373 g/mol. The van der Waals surface area contributed by atoms with Crippen molar-refractivity contribution in [3.63, 3.8) is 0 Å². The highest BCUT2D eigenvalue weighted by Gasteiger charge is 2.18. The summed E-state index contributed by atoms with van der Waals surface area (Å²) in [6.45, 7) is 4.84. The van der Waals surface area contributed by atoms with Gasteiger partial charge in [0.1, 0.15) is 18.5 Å². The van der Waals surface area contributed by atoms with Gasteiger partial charge in [0.25, 0.3) is 0 Å². The molecule has 0 saturated carbocycles. The molecule has 2 aromatic rings. The molecule has 0 radical (unpaired) electrons. The van der Waals surface area contributed by atoms with Gasteiger partial charge in [-0.15, -0.1) is 0 Å². The van der Waals surface area contributed by atoms with Crippen molar-refractivity contribution in [3.8, 4) is 11.5 Å². The number of anilines is 3. The molecule has 0 amide bonds. The number of aryl methyl sites for hydroxylation is 1. The third-order valence-electron chi connectivity index (χ3n) is 4.38. The van der Waals surface area contributed by atoms with Crippen LogP contribution in [0.1, 0.15) is 12.1 Å². The Kier molecular flexibility index (Phi) is 6.31. The van der Waals surface area contributed by atoms with Crippen LogP contribution in [-0.4, -0.2) is 66.5 Å². The van der Waals surface area contributed by atoms with Crippen molar-refractivity contribution in [2.24, 2.45) is 0 Å². The van der Waals surface area contributed by atoms with Crippen LogP contribution in [0.3, 0.4) is 0 Å². The standard InChI is InChI=1S/C19H27N5O3/c1-13-9-18(20-2)23-19(21-13)22-14-5-6-16(26-3)17(10-14)27-12-15(25)11-24-7-4-8-24/h5-6,9-10,15,25H,4,7-8,11-12H2,1-3H3,(H2,20,21,22,23)/t15-/m1/s1. The van der Waals surface area contributed by atoms with Crippen LogP contribution in [0.2, 0.25) is 0 Å². The minimum atomic E-state index is -0.537. The minimum absolute atomic E-state index is 0.209. The predicted octanol–water partition coefficient (Wildman–Crippen LogP) is 2.02. The van der Waals surface area contributed by atoms with E-state index < -0.39 is 6.10 Å². The molecular weight excluding hydrogens is 346 g/mol. The first-order valence-electron chi connectivity index (χ1n) is 9.09. The van der Waals surface area contributed by atoms with E-state index in [1.54, 1.807) is 7.11 Å². The van der Waals surface area contributed by atoms with Crippen LogP contribution in [0.25, 0.3) is 0 Å². The summed E-state index contributed by atoms with van der Waals surface area (Å²) in [6.07, 6.45) is 0.663. The fourth-order valence-corrected chi connectivity index (χ4v) is 2.85. The number of benzene rings is 1. The first kappa shape index (κ1) is 19.2. The Balaban J connectivity index is 1.68. The van der Waals surface area contributed by atoms with E-state index in [4.69, 9.17) is 9.47 Å². The molecule has 8 heteroatoms. The molecule has 1 aromatic carbocycles. The molecule has 0 spiro atoms. The zero-order valence-electron chi connectivity index (χ0n) is 16.0. The van der Waals surface area contributed by atoms with E-state index in [0.717, 1.165) is 30.3 Å². The van der Waals surface area contributed by atoms with Gasteiger partial charge >= 0.3 is 0 Å². The van der Waals surface area contributed by atoms with Gasteiger partial charge in [-0.05, 0) is 38.6 Å². The molecular formula is C19H27N5O3. The molecule has 2 heterocycles. The molecule has 0 unspecified atom stereocenters. The van der Waals surface area contributed by atoms with E-state index in [0.29, 0.717) is 24.0 Å². The van der Waals surface area contributed by atoms with Crippen molar-refractivity contribution < 1.29 is 14.6 Å². The zero-order chi connectivity index (χ0) is 19.2. The lowest BCUT2D eigenvalue weighted by molar-refractivity contribution is 0.0460. The fourth-order valence-electron chi connectivity index (χ4n) is 2.85. The van der Waals surface area contributed by atoms with Crippen LogP contribution >= 0.6 is 0 Å². The molecule has 3 rings (SSSR count). The Morgan fingerprint density at radius 2 is 2.04 bits per heavy atom. The SMILES string of the molecule is CNc1cc(C)nc(Nc2ccc(OC)c(OC[C@H](O)CN3CCC3)c2)n1. The maximum Gasteiger partial charge on any atom is 0.229 e. The second-order valence-electron chi connectivity index (χ2n) is 6.58. The smallest absolute Gasteiger partial charge is 0.229 e. The summed E-state index contributed by atoms with van der Waals surface area (Å²) < 4.78 is 11.2. The molecule has 1 atom stereocenters. The van der Waals surface area contributed by atoms with Crippen molar-refractivity contribution in [1.29, 1.82) is 0 Å². The summed E-state index contributed by atoms with van der Waals surface area (Å²) in [5.74, 6) is 2.40. The highest BCUT2D eigenvalue weighted by atomic mass is 16.5. The topological polar surface area (TPSA) is 91.8 Å². The van der Waals surface area contributed by atoms with Crippen molar-refractivity contribution in [3.05, 3.63) is 30.0 Å². The summed E-state index contributed by atoms with van der Waals surface area (Å²) in [5, 5.41) is 16.3. The second kappa shape index (κ2) is 8.88. The number of β-amino-alcohol motifs (C(OH)–C–C–N with tert-alkyl or cyclic N) is 1. The van der Waals surface area contributed by atoms with Crippen molar-refractivity contribution in [2.45, 2.75) is 19.4 Å². The van der Waals surface area contributed by atoms with Gasteiger partial charge in [0.2, 0.25) is 5.95 Å². The first-order valence-corrected chi connectivity index (χ1v) is 9.09. The van der Waals surface area contributed by atoms with E-state index in [9.17, 15) is 5.11 Å². The molecule has 146 valence electrons. The summed E-state index contributed by atoms with van der Waals surface area (Å²) in [7, 11) is 3.41. The maximum atomic E-state index is 10.2. The highest BCUT2D eigenvalue weighted by Crippen LogP contribution is 2.31. The largest absolute Gasteiger partial charge is 0.493 e. The number of rotatable bonds is 9. The van der Waals surface area contributed by atoms with E-state index in [1.807, 2.05) is 38.2 Å². The lowest BCUT2D eigenvalue weighted by atomic mass is 10.2. The molecule has 0 aliphatic carbocycles. The molecule has 3 N–H and O–H groups in total. The number of nitrogens with one attached hydrogen (secondary N) is 2. The van der Waals surface area contributed by atoms with Gasteiger partial charge in [-0.1, -0.05) is 0 Å². The number of hydrogen-bond donors (Lipinski definition) is 3. The van der Waals surface area contributed by atoms with Gasteiger partial charge in [-0.2, -0.15) is 4.98 Å². The van der Waals surface area contributed by atoms with Crippen molar-refractivity contribution >= 4 is 17.5 Å². The lowest BCUT2D eigenvalue weighted by Crippen LogP contribution is -2.43. The summed E-state index contributed by atoms with van der Waals surface area (Å²) in [4.78, 5) is 11.0. The summed E-state index contributed by atoms with van der Waals surface area (Å²) in [5.41, 5.74) is 1.63. The second-order valence-corrected chi connectivity index (χ2v) is 6.58. The Labute approximate surface area is 159 Å². The van der Waals surface area contributed by atoms with E-state index in [2.05, 4.69) is 25.5 Å². The molecule has 1 saturated heterocycles. The van der Waals surface area contributed by atoms with Gasteiger partial charge in [-0.25, -0.2) is 4.98 Å². The molecule has 0 bridgehead atoms. The first-order chi connectivity index (χ1) is 13.1. The number of ether oxygens (including phenoxy) is 2. The van der Waals surface area contributed by atoms with Crippen LogP contribution in [-0.2, 0) is 0 Å². The van der Waals surface area contributed by atoms with Gasteiger partial charge in [-0.3, -0.25) is 0 Å². The average Bonchev–Trinajstić information content (AvgIpc) is 2.62. The summed E-state index contributed by atoms with van der Waals surface area (Å²) >= 11 is 0. The highest BCUT2D eigenvalue weighted by molar-refractivity contribution is 5.60. The van der Waals surface area contributed by atoms with E-state index in [1.165, 1.54) is 6.42 Å². The van der Waals surface area contributed by atoms with Crippen LogP contribution in [0.15, 0.2) is 24.3 Å². The van der Waals surface area contributed by atoms with Gasteiger partial charge in [0.05, 0.1) is 7.11 Å². The Morgan fingerprint density at radius 3 is 2.70 bits per heavy atom. The number of aromatic nitrogens is 2. The lowest BCUT2D eigenvalue weighted by Gasteiger charge is -2.32. The molecule has 8 nitrogen and oxygen atoms in total. The van der Waals surface area contributed by atoms with Crippen LogP contribution in [0.4, 0.5) is 17.5 Å². The maximum absolute atomic E-state index is 10.2. The van der Waals surface area contributed by atoms with E-state index >= 15 is 0 Å². The molecule has 1 aromatic heterocycles. The third kappa shape index (κ3) is 5.21. The Hall–Kier alpha value is -2.58. The predicted molar refractivity (Wildman–Crippen MR) is 105 cm³/mol. The van der Waals surface area contributed by atoms with Crippen LogP contribution in [0, 0.1) is 6.92 Å². The number of aliphatic hydroxyl groups is 1. The van der Waals surface area contributed by atoms with Crippen LogP contribution < -0.4 is 20.1 Å². The minimum Gasteiger partial charge on any atom is -0.493 e. The monoisotopic (exact) mass is 373 g/mol. The zero-order valence-corrected chi connectivity index (χ0v) is 16.0. The Bertz CT molecular complexity index is 767. The molecule has 1 fully saturated rings. The fraction of sp³-hybridized carbons (Fsp3) is 0.474. The van der Waals surface area contributed by atoms with Gasteiger partial charge < -0.3 is 30.1 Å². The van der Waals surface area contributed by atoms with Crippen molar-refractivity contribution in [2.75, 3.05) is 51.0 Å². The molecule has 1 aliphatic heterocycles. The van der Waals surface area contributed by atoms with Gasteiger partial charge in [0.15, 0.2) is 11.5 Å². The number of likely N-dealkylation sites (tertiary alicyclic amines) is 1. The quantitative estimate of drug-likeness (QED) is 0.615.